The van der Waals surface area contributed by atoms with Gasteiger partial charge in [0.25, 0.3) is 5.91 Å². The molecule has 1 amide bonds. The Morgan fingerprint density at radius 3 is 2.62 bits per heavy atom. The molecule has 0 bridgehead atoms. The van der Waals surface area contributed by atoms with Crippen molar-refractivity contribution in [2.24, 2.45) is 0 Å². The average Bonchev–Trinajstić information content (AvgIpc) is 3.32. The largest absolute Gasteiger partial charge is 0.350 e. The van der Waals surface area contributed by atoms with Crippen molar-refractivity contribution in [2.75, 3.05) is 5.32 Å². The Kier molecular flexibility index (Phi) is 4.37. The molecule has 7 heteroatoms. The Morgan fingerprint density at radius 2 is 1.85 bits per heavy atom. The topological polar surface area (TPSA) is 73.0 Å². The first-order valence-corrected chi connectivity index (χ1v) is 8.63. The van der Waals surface area contributed by atoms with E-state index in [1.807, 2.05) is 54.7 Å². The lowest BCUT2D eigenvalue weighted by molar-refractivity contribution is 0.0988. The van der Waals surface area contributed by atoms with Crippen LogP contribution in [-0.4, -0.2) is 20.8 Å². The fraction of sp³-hybridized carbons (Fsp3) is 0. The molecule has 2 heterocycles. The summed E-state index contributed by atoms with van der Waals surface area (Å²) in [5.74, 6) is -0.237. The van der Waals surface area contributed by atoms with Gasteiger partial charge in [-0.2, -0.15) is 5.10 Å². The number of carbonyl (C=O) groups is 1. The fourth-order valence-electron chi connectivity index (χ4n) is 2.52. The maximum absolute atomic E-state index is 12.6. The van der Waals surface area contributed by atoms with Crippen LogP contribution in [0.25, 0.3) is 16.9 Å². The number of hydrogen-bond donors (Lipinski definition) is 1. The van der Waals surface area contributed by atoms with E-state index in [1.165, 1.54) is 0 Å². The molecule has 0 saturated heterocycles. The van der Waals surface area contributed by atoms with E-state index >= 15 is 0 Å². The Morgan fingerprint density at radius 1 is 1.08 bits per heavy atom. The molecule has 4 aromatic rings. The van der Waals surface area contributed by atoms with Crippen LogP contribution < -0.4 is 5.32 Å². The molecular formula is C19H13BrN4O2. The van der Waals surface area contributed by atoms with Gasteiger partial charge in [0.1, 0.15) is 5.69 Å². The van der Waals surface area contributed by atoms with Gasteiger partial charge in [-0.1, -0.05) is 47.6 Å². The average molecular weight is 409 g/mol. The first-order chi connectivity index (χ1) is 12.7. The minimum absolute atomic E-state index is 0.139. The standard InChI is InChI=1S/C19H13BrN4O2/c20-14-11-21-24(12-14)17-9-5-4-8-15(17)22-19(25)18-10-16(23-26-18)13-6-2-1-3-7-13/h1-12H,(H,22,25). The molecule has 0 aliphatic rings. The second-order valence-corrected chi connectivity index (χ2v) is 6.43. The normalized spacial score (nSPS) is 10.7. The number of amides is 1. The van der Waals surface area contributed by atoms with Crippen molar-refractivity contribution in [1.82, 2.24) is 14.9 Å². The number of nitrogens with one attached hydrogen (secondary N) is 1. The lowest BCUT2D eigenvalue weighted by atomic mass is 10.1. The van der Waals surface area contributed by atoms with Crippen molar-refractivity contribution in [3.63, 3.8) is 0 Å². The van der Waals surface area contributed by atoms with E-state index in [2.05, 4.69) is 31.5 Å². The van der Waals surface area contributed by atoms with Gasteiger partial charge in [0.2, 0.25) is 5.76 Å². The van der Waals surface area contributed by atoms with Gasteiger partial charge in [-0.3, -0.25) is 4.79 Å². The summed E-state index contributed by atoms with van der Waals surface area (Å²) in [6.45, 7) is 0. The van der Waals surface area contributed by atoms with Crippen LogP contribution in [0.2, 0.25) is 0 Å². The molecule has 0 fully saturated rings. The summed E-state index contributed by atoms with van der Waals surface area (Å²) in [4.78, 5) is 12.6. The molecule has 0 atom stereocenters. The highest BCUT2D eigenvalue weighted by Gasteiger charge is 2.16. The van der Waals surface area contributed by atoms with Crippen molar-refractivity contribution in [3.05, 3.63) is 83.3 Å². The Labute approximate surface area is 157 Å². The Bertz CT molecular complexity index is 1060. The minimum Gasteiger partial charge on any atom is -0.350 e. The van der Waals surface area contributed by atoms with Crippen molar-refractivity contribution in [2.45, 2.75) is 0 Å². The van der Waals surface area contributed by atoms with Gasteiger partial charge < -0.3 is 9.84 Å². The van der Waals surface area contributed by atoms with E-state index in [9.17, 15) is 4.79 Å². The molecule has 0 radical (unpaired) electrons. The van der Waals surface area contributed by atoms with Crippen LogP contribution in [0.15, 0.2) is 82.1 Å². The fourth-order valence-corrected chi connectivity index (χ4v) is 2.81. The molecule has 0 aliphatic carbocycles. The van der Waals surface area contributed by atoms with E-state index in [1.54, 1.807) is 23.0 Å². The third-order valence-electron chi connectivity index (χ3n) is 3.75. The smallest absolute Gasteiger partial charge is 0.294 e. The van der Waals surface area contributed by atoms with E-state index < -0.39 is 0 Å². The summed E-state index contributed by atoms with van der Waals surface area (Å²) >= 11 is 3.37. The second-order valence-electron chi connectivity index (χ2n) is 5.52. The second kappa shape index (κ2) is 6.97. The van der Waals surface area contributed by atoms with Crippen LogP contribution in [0.4, 0.5) is 5.69 Å². The molecule has 2 aromatic heterocycles. The molecule has 26 heavy (non-hydrogen) atoms. The van der Waals surface area contributed by atoms with E-state index in [-0.39, 0.29) is 11.7 Å². The number of hydrogen-bond acceptors (Lipinski definition) is 4. The Balaban J connectivity index is 1.59. The number of carbonyl (C=O) groups excluding carboxylic acids is 1. The summed E-state index contributed by atoms with van der Waals surface area (Å²) in [5, 5.41) is 11.1. The third-order valence-corrected chi connectivity index (χ3v) is 4.16. The van der Waals surface area contributed by atoms with Gasteiger partial charge >= 0.3 is 0 Å². The molecule has 0 saturated carbocycles. The number of nitrogens with zero attached hydrogens (tertiary/aromatic N) is 3. The molecule has 1 N–H and O–H groups in total. The van der Waals surface area contributed by atoms with Gasteiger partial charge in [0.05, 0.1) is 22.0 Å². The van der Waals surface area contributed by atoms with Crippen LogP contribution in [-0.2, 0) is 0 Å². The molecule has 4 rings (SSSR count). The highest BCUT2D eigenvalue weighted by molar-refractivity contribution is 9.10. The molecule has 128 valence electrons. The molecule has 2 aromatic carbocycles. The molecule has 6 nitrogen and oxygen atoms in total. The van der Waals surface area contributed by atoms with Crippen molar-refractivity contribution >= 4 is 27.5 Å². The SMILES string of the molecule is O=C(Nc1ccccc1-n1cc(Br)cn1)c1cc(-c2ccccc2)no1. The first kappa shape index (κ1) is 16.3. The van der Waals surface area contributed by atoms with Gasteiger partial charge in [-0.05, 0) is 28.1 Å². The van der Waals surface area contributed by atoms with E-state index in [0.29, 0.717) is 11.4 Å². The highest BCUT2D eigenvalue weighted by atomic mass is 79.9. The van der Waals surface area contributed by atoms with E-state index in [4.69, 9.17) is 4.52 Å². The molecule has 0 unspecified atom stereocenters. The zero-order chi connectivity index (χ0) is 17.9. The van der Waals surface area contributed by atoms with Gasteiger partial charge in [-0.25, -0.2) is 4.68 Å². The lowest BCUT2D eigenvalue weighted by Gasteiger charge is -2.09. The van der Waals surface area contributed by atoms with Crippen molar-refractivity contribution < 1.29 is 9.32 Å². The van der Waals surface area contributed by atoms with Gasteiger partial charge in [0.15, 0.2) is 0 Å². The van der Waals surface area contributed by atoms with Crippen LogP contribution in [0.3, 0.4) is 0 Å². The summed E-state index contributed by atoms with van der Waals surface area (Å²) in [6, 6.07) is 18.6. The van der Waals surface area contributed by atoms with Crippen molar-refractivity contribution in [1.29, 1.82) is 0 Å². The molecule has 0 spiro atoms. The number of benzene rings is 2. The number of anilines is 1. The lowest BCUT2D eigenvalue weighted by Crippen LogP contribution is -2.13. The zero-order valence-electron chi connectivity index (χ0n) is 13.5. The predicted molar refractivity (Wildman–Crippen MR) is 101 cm³/mol. The first-order valence-electron chi connectivity index (χ1n) is 7.84. The van der Waals surface area contributed by atoms with Gasteiger partial charge in [0, 0.05) is 17.8 Å². The quantitative estimate of drug-likeness (QED) is 0.537. The monoisotopic (exact) mass is 408 g/mol. The Hall–Kier alpha value is -3.19. The van der Waals surface area contributed by atoms with Crippen molar-refractivity contribution in [3.8, 4) is 16.9 Å². The number of para-hydroxylation sites is 2. The maximum Gasteiger partial charge on any atom is 0.294 e. The van der Waals surface area contributed by atoms with E-state index in [0.717, 1.165) is 15.7 Å². The van der Waals surface area contributed by atoms with Crippen LogP contribution in [0.1, 0.15) is 10.6 Å². The minimum atomic E-state index is -0.377. The predicted octanol–water partition coefficient (Wildman–Crippen LogP) is 4.54. The number of rotatable bonds is 4. The number of halogens is 1. The third kappa shape index (κ3) is 3.29. The zero-order valence-corrected chi connectivity index (χ0v) is 15.1. The summed E-state index contributed by atoms with van der Waals surface area (Å²) in [7, 11) is 0. The van der Waals surface area contributed by atoms with Crippen LogP contribution in [0, 0.1) is 0 Å². The highest BCUT2D eigenvalue weighted by Crippen LogP contribution is 2.23. The van der Waals surface area contributed by atoms with Crippen LogP contribution >= 0.6 is 15.9 Å². The van der Waals surface area contributed by atoms with Gasteiger partial charge in [-0.15, -0.1) is 0 Å². The number of aromatic nitrogens is 3. The summed E-state index contributed by atoms with van der Waals surface area (Å²) < 4.78 is 7.74. The van der Waals surface area contributed by atoms with Crippen LogP contribution in [0.5, 0.6) is 0 Å². The molecule has 0 aliphatic heterocycles. The maximum atomic E-state index is 12.6. The molecular weight excluding hydrogens is 396 g/mol. The summed E-state index contributed by atoms with van der Waals surface area (Å²) in [6.07, 6.45) is 3.49. The summed E-state index contributed by atoms with van der Waals surface area (Å²) in [5.41, 5.74) is 2.86.